The molecule has 0 spiro atoms. The molecule has 1 nitrogen and oxygen atoms in total. The highest BCUT2D eigenvalue weighted by Crippen LogP contribution is 2.68. The number of hydrogen-bond acceptors (Lipinski definition) is 1. The van der Waals surface area contributed by atoms with E-state index >= 15 is 0 Å². The van der Waals surface area contributed by atoms with E-state index in [-0.39, 0.29) is 5.92 Å². The third kappa shape index (κ3) is 3.55. The van der Waals surface area contributed by atoms with Crippen LogP contribution in [-0.4, -0.2) is 5.78 Å². The van der Waals surface area contributed by atoms with Crippen molar-refractivity contribution in [3.05, 3.63) is 0 Å². The first kappa shape index (κ1) is 21.9. The molecule has 0 radical (unpaired) electrons. The van der Waals surface area contributed by atoms with Crippen molar-refractivity contribution in [1.82, 2.24) is 0 Å². The minimum atomic E-state index is 0.207. The van der Waals surface area contributed by atoms with E-state index in [1.54, 1.807) is 0 Å². The van der Waals surface area contributed by atoms with Crippen molar-refractivity contribution in [2.75, 3.05) is 0 Å². The molecule has 0 N–H and O–H groups in total. The minimum absolute atomic E-state index is 0.207. The molecule has 0 aliphatic heterocycles. The van der Waals surface area contributed by atoms with Crippen molar-refractivity contribution in [2.45, 2.75) is 112 Å². The first-order valence-electron chi connectivity index (χ1n) is 13.2. The lowest BCUT2D eigenvalue weighted by Gasteiger charge is -2.62. The third-order valence-corrected chi connectivity index (χ3v) is 11.3. The molecule has 4 aliphatic rings. The van der Waals surface area contributed by atoms with Crippen LogP contribution in [0.15, 0.2) is 0 Å². The van der Waals surface area contributed by atoms with E-state index in [0.29, 0.717) is 22.5 Å². The zero-order valence-corrected chi connectivity index (χ0v) is 20.3. The molecule has 9 atom stereocenters. The maximum Gasteiger partial charge on any atom is 0.135 e. The van der Waals surface area contributed by atoms with E-state index in [1.807, 2.05) is 0 Å². The highest BCUT2D eigenvalue weighted by molar-refractivity contribution is 5.80. The molecule has 0 aromatic carbocycles. The summed E-state index contributed by atoms with van der Waals surface area (Å²) in [6.45, 7) is 14.5. The molecule has 29 heavy (non-hydrogen) atoms. The van der Waals surface area contributed by atoms with Gasteiger partial charge < -0.3 is 0 Å². The Morgan fingerprint density at radius 1 is 0.862 bits per heavy atom. The predicted octanol–water partition coefficient (Wildman–Crippen LogP) is 7.92. The molecule has 0 heterocycles. The molecule has 0 saturated heterocycles. The Morgan fingerprint density at radius 2 is 1.55 bits per heavy atom. The van der Waals surface area contributed by atoms with Crippen LogP contribution in [0, 0.1) is 58.2 Å². The van der Waals surface area contributed by atoms with Gasteiger partial charge in [0.15, 0.2) is 0 Å². The van der Waals surface area contributed by atoms with Crippen LogP contribution < -0.4 is 0 Å². The van der Waals surface area contributed by atoms with Crippen molar-refractivity contribution in [1.29, 1.82) is 0 Å². The fourth-order valence-corrected chi connectivity index (χ4v) is 9.63. The van der Waals surface area contributed by atoms with E-state index in [9.17, 15) is 4.79 Å². The summed E-state index contributed by atoms with van der Waals surface area (Å²) in [6, 6.07) is 0. The van der Waals surface area contributed by atoms with Gasteiger partial charge in [-0.3, -0.25) is 4.79 Å². The summed E-state index contributed by atoms with van der Waals surface area (Å²) in [5.41, 5.74) is 1.18. The summed E-state index contributed by atoms with van der Waals surface area (Å²) in [7, 11) is 0. The maximum atomic E-state index is 12.2. The monoisotopic (exact) mass is 400 g/mol. The molecule has 4 fully saturated rings. The Labute approximate surface area is 181 Å². The first-order valence-corrected chi connectivity index (χ1v) is 13.2. The summed E-state index contributed by atoms with van der Waals surface area (Å²) in [4.78, 5) is 12.2. The maximum absolute atomic E-state index is 12.2. The zero-order chi connectivity index (χ0) is 21.0. The van der Waals surface area contributed by atoms with Crippen LogP contribution in [-0.2, 0) is 4.79 Å². The van der Waals surface area contributed by atoms with E-state index in [0.717, 1.165) is 48.3 Å². The molecule has 0 amide bonds. The molecule has 4 rings (SSSR count). The lowest BCUT2D eigenvalue weighted by Crippen LogP contribution is -2.54. The van der Waals surface area contributed by atoms with Gasteiger partial charge in [0.2, 0.25) is 0 Å². The second-order valence-corrected chi connectivity index (χ2v) is 12.8. The Morgan fingerprint density at radius 3 is 2.28 bits per heavy atom. The van der Waals surface area contributed by atoms with Crippen LogP contribution in [0.4, 0.5) is 0 Å². The van der Waals surface area contributed by atoms with Crippen molar-refractivity contribution in [2.24, 2.45) is 58.2 Å². The van der Waals surface area contributed by atoms with E-state index in [1.165, 1.54) is 57.8 Å². The fraction of sp³-hybridized carbons (Fsp3) is 0.964. The minimum Gasteiger partial charge on any atom is -0.299 e. The van der Waals surface area contributed by atoms with Gasteiger partial charge in [0, 0.05) is 12.3 Å². The number of fused-ring (bicyclic) bond motifs is 5. The molecule has 1 heteroatoms. The number of rotatable bonds is 5. The molecule has 1 unspecified atom stereocenters. The molecule has 4 saturated carbocycles. The summed E-state index contributed by atoms with van der Waals surface area (Å²) >= 11 is 0. The summed E-state index contributed by atoms with van der Waals surface area (Å²) in [5, 5.41) is 0. The van der Waals surface area contributed by atoms with Gasteiger partial charge in [0.05, 0.1) is 0 Å². The average molecular weight is 401 g/mol. The van der Waals surface area contributed by atoms with Crippen LogP contribution in [0.1, 0.15) is 112 Å². The fourth-order valence-electron chi connectivity index (χ4n) is 9.63. The lowest BCUT2D eigenvalue weighted by atomic mass is 9.43. The van der Waals surface area contributed by atoms with Crippen LogP contribution >= 0.6 is 0 Å². The van der Waals surface area contributed by atoms with Crippen LogP contribution in [0.3, 0.4) is 0 Å². The summed E-state index contributed by atoms with van der Waals surface area (Å²) < 4.78 is 0. The third-order valence-electron chi connectivity index (χ3n) is 11.3. The molecule has 4 aliphatic carbocycles. The van der Waals surface area contributed by atoms with Crippen molar-refractivity contribution in [3.63, 3.8) is 0 Å². The predicted molar refractivity (Wildman–Crippen MR) is 123 cm³/mol. The first-order chi connectivity index (χ1) is 13.7. The Hall–Kier alpha value is -0.330. The molecular formula is C28H48O. The molecule has 166 valence electrons. The average Bonchev–Trinajstić information content (AvgIpc) is 3.03. The normalized spacial score (nSPS) is 48.0. The number of Topliss-reactive ketones (excluding diaryl/α,β-unsaturated/α-hetero) is 1. The Balaban J connectivity index is 1.48. The SMILES string of the molecule is CC(C)C(=O)CC[C@@H](C)[C@H]1CC[C@H]2[C@@H]3CCC4[C@H](C)CCC[C@]4(C)[C@H]3CC[C@]12C. The van der Waals surface area contributed by atoms with Gasteiger partial charge in [0.1, 0.15) is 5.78 Å². The molecule has 0 aromatic heterocycles. The van der Waals surface area contributed by atoms with E-state index in [2.05, 4.69) is 41.5 Å². The van der Waals surface area contributed by atoms with E-state index in [4.69, 9.17) is 0 Å². The smallest absolute Gasteiger partial charge is 0.135 e. The second kappa shape index (κ2) is 7.98. The van der Waals surface area contributed by atoms with E-state index < -0.39 is 0 Å². The van der Waals surface area contributed by atoms with Crippen LogP contribution in [0.2, 0.25) is 0 Å². The van der Waals surface area contributed by atoms with Crippen LogP contribution in [0.5, 0.6) is 0 Å². The Bertz CT molecular complexity index is 607. The summed E-state index contributed by atoms with van der Waals surface area (Å²) in [6.07, 6.45) is 15.3. The number of hydrogen-bond donors (Lipinski definition) is 0. The van der Waals surface area contributed by atoms with Gasteiger partial charge in [0.25, 0.3) is 0 Å². The molecule has 0 bridgehead atoms. The number of carbonyl (C=O) groups is 1. The van der Waals surface area contributed by atoms with Gasteiger partial charge in [-0.05, 0) is 104 Å². The van der Waals surface area contributed by atoms with Crippen molar-refractivity contribution >= 4 is 5.78 Å². The van der Waals surface area contributed by atoms with Gasteiger partial charge >= 0.3 is 0 Å². The topological polar surface area (TPSA) is 17.1 Å². The second-order valence-electron chi connectivity index (χ2n) is 12.8. The highest BCUT2D eigenvalue weighted by Gasteiger charge is 2.60. The molecule has 0 aromatic rings. The van der Waals surface area contributed by atoms with Gasteiger partial charge in [-0.1, -0.05) is 54.4 Å². The quantitative estimate of drug-likeness (QED) is 0.458. The van der Waals surface area contributed by atoms with Gasteiger partial charge in [-0.25, -0.2) is 0 Å². The highest BCUT2D eigenvalue weighted by atomic mass is 16.1. The largest absolute Gasteiger partial charge is 0.299 e. The number of carbonyl (C=O) groups excluding carboxylic acids is 1. The summed E-state index contributed by atoms with van der Waals surface area (Å²) in [5.74, 6) is 7.15. The number of ketones is 1. The van der Waals surface area contributed by atoms with Crippen molar-refractivity contribution in [3.8, 4) is 0 Å². The zero-order valence-electron chi connectivity index (χ0n) is 20.3. The molecular weight excluding hydrogens is 352 g/mol. The van der Waals surface area contributed by atoms with Crippen LogP contribution in [0.25, 0.3) is 0 Å². The lowest BCUT2D eigenvalue weighted by molar-refractivity contribution is -0.128. The van der Waals surface area contributed by atoms with Crippen molar-refractivity contribution < 1.29 is 4.79 Å². The van der Waals surface area contributed by atoms with Gasteiger partial charge in [-0.15, -0.1) is 0 Å². The Kier molecular flexibility index (Phi) is 6.02. The van der Waals surface area contributed by atoms with Gasteiger partial charge in [-0.2, -0.15) is 0 Å². The standard InChI is InChI=1S/C28H48O/c1-18(2)26(29)14-9-20(4)23-12-13-24-21-10-11-22-19(3)8-7-16-27(22,5)25(21)15-17-28(23,24)6/h18-25H,7-17H2,1-6H3/t19-,20-,21+,22?,23-,24+,25+,27+,28-/m1/s1.